The number of hydrogen-bond acceptors (Lipinski definition) is 4. The summed E-state index contributed by atoms with van der Waals surface area (Å²) in [6.45, 7) is 6.91. The Morgan fingerprint density at radius 2 is 1.92 bits per heavy atom. The SMILES string of the molecule is [C-]#[N+]c1cccc(Oc2ccc3c(c2C(F)F)[C@@H](O)C(F)(F)S3(=O)=O)c1. The molecule has 0 radical (unpaired) electrons. The normalized spacial score (nSPS) is 19.8. The van der Waals surface area contributed by atoms with E-state index in [2.05, 4.69) is 4.85 Å². The molecular weight excluding hydrogens is 378 g/mol. The minimum absolute atomic E-state index is 0.0255. The van der Waals surface area contributed by atoms with Gasteiger partial charge in [-0.05, 0) is 24.3 Å². The number of hydrogen-bond donors (Lipinski definition) is 1. The number of fused-ring (bicyclic) bond motifs is 1. The first-order valence-electron chi connectivity index (χ1n) is 7.02. The number of ether oxygens (including phenoxy) is 1. The molecule has 0 aromatic heterocycles. The van der Waals surface area contributed by atoms with Gasteiger partial charge in [0.1, 0.15) is 11.5 Å². The maximum atomic E-state index is 13.9. The molecule has 1 N–H and O–H groups in total. The lowest BCUT2D eigenvalue weighted by Gasteiger charge is -2.16. The van der Waals surface area contributed by atoms with Gasteiger partial charge in [0.05, 0.1) is 17.0 Å². The number of rotatable bonds is 3. The minimum Gasteiger partial charge on any atom is -0.458 e. The van der Waals surface area contributed by atoms with Gasteiger partial charge in [-0.3, -0.25) is 0 Å². The lowest BCUT2D eigenvalue weighted by molar-refractivity contribution is -0.0391. The molecule has 0 fully saturated rings. The van der Waals surface area contributed by atoms with Crippen molar-refractivity contribution in [3.63, 3.8) is 0 Å². The van der Waals surface area contributed by atoms with Crippen LogP contribution in [0.1, 0.15) is 23.7 Å². The van der Waals surface area contributed by atoms with Gasteiger partial charge in [-0.2, -0.15) is 8.78 Å². The second-order valence-electron chi connectivity index (χ2n) is 5.37. The van der Waals surface area contributed by atoms with Gasteiger partial charge in [0, 0.05) is 5.56 Å². The molecule has 0 spiro atoms. The Balaban J connectivity index is 2.19. The highest BCUT2D eigenvalue weighted by molar-refractivity contribution is 7.92. The average molecular weight is 387 g/mol. The van der Waals surface area contributed by atoms with E-state index in [0.29, 0.717) is 6.07 Å². The van der Waals surface area contributed by atoms with Crippen molar-refractivity contribution in [2.45, 2.75) is 22.7 Å². The zero-order valence-corrected chi connectivity index (χ0v) is 13.5. The molecule has 3 rings (SSSR count). The number of halogens is 4. The van der Waals surface area contributed by atoms with E-state index in [4.69, 9.17) is 11.3 Å². The molecule has 0 aliphatic carbocycles. The van der Waals surface area contributed by atoms with Crippen LogP contribution in [0, 0.1) is 6.57 Å². The summed E-state index contributed by atoms with van der Waals surface area (Å²) in [5.74, 6) is -0.615. The topological polar surface area (TPSA) is 68.0 Å². The highest BCUT2D eigenvalue weighted by Crippen LogP contribution is 2.53. The zero-order valence-electron chi connectivity index (χ0n) is 12.7. The minimum atomic E-state index is -5.30. The molecule has 5 nitrogen and oxygen atoms in total. The van der Waals surface area contributed by atoms with E-state index in [1.54, 1.807) is 0 Å². The summed E-state index contributed by atoms with van der Waals surface area (Å²) in [6, 6.07) is 6.94. The fourth-order valence-corrected chi connectivity index (χ4v) is 4.10. The highest BCUT2D eigenvalue weighted by atomic mass is 32.2. The predicted molar refractivity (Wildman–Crippen MR) is 81.3 cm³/mol. The molecule has 10 heteroatoms. The Morgan fingerprint density at radius 3 is 2.54 bits per heavy atom. The van der Waals surface area contributed by atoms with Gasteiger partial charge >= 0.3 is 5.25 Å². The van der Waals surface area contributed by atoms with Crippen LogP contribution >= 0.6 is 0 Å². The highest BCUT2D eigenvalue weighted by Gasteiger charge is 2.61. The number of sulfone groups is 1. The first-order chi connectivity index (χ1) is 12.1. The van der Waals surface area contributed by atoms with E-state index in [-0.39, 0.29) is 11.4 Å². The van der Waals surface area contributed by atoms with Crippen LogP contribution in [-0.2, 0) is 9.84 Å². The molecule has 0 bridgehead atoms. The fraction of sp³-hybridized carbons (Fsp3) is 0.188. The molecule has 2 aromatic carbocycles. The quantitative estimate of drug-likeness (QED) is 0.627. The standard InChI is InChI=1S/C16H9F4NO4S/c1-21-8-3-2-4-9(7-8)25-10-5-6-11-13(12(10)15(17)18)14(22)16(19,20)26(11,23)24/h2-7,14-15,22H/t14-/m1/s1. The monoisotopic (exact) mass is 387 g/mol. The first kappa shape index (κ1) is 18.2. The van der Waals surface area contributed by atoms with E-state index in [1.165, 1.54) is 24.3 Å². The van der Waals surface area contributed by atoms with Gasteiger partial charge in [0.25, 0.3) is 6.43 Å². The third-order valence-corrected chi connectivity index (χ3v) is 5.71. The molecule has 1 aliphatic rings. The van der Waals surface area contributed by atoms with Crippen LogP contribution in [0.2, 0.25) is 0 Å². The second-order valence-corrected chi connectivity index (χ2v) is 7.36. The molecule has 1 atom stereocenters. The van der Waals surface area contributed by atoms with E-state index in [9.17, 15) is 31.1 Å². The van der Waals surface area contributed by atoms with Crippen molar-refractivity contribution in [3.8, 4) is 11.5 Å². The Kier molecular flexibility index (Phi) is 4.17. The Hall–Kier alpha value is -2.64. The lowest BCUT2D eigenvalue weighted by atomic mass is 10.0. The Bertz CT molecular complexity index is 1030. The van der Waals surface area contributed by atoms with Crippen LogP contribution in [0.3, 0.4) is 0 Å². The van der Waals surface area contributed by atoms with Gasteiger partial charge in [-0.1, -0.05) is 12.1 Å². The van der Waals surface area contributed by atoms with Crippen molar-refractivity contribution >= 4 is 15.5 Å². The van der Waals surface area contributed by atoms with Crippen LogP contribution < -0.4 is 4.74 Å². The van der Waals surface area contributed by atoms with Crippen molar-refractivity contribution in [2.24, 2.45) is 0 Å². The molecule has 1 aliphatic heterocycles. The lowest BCUT2D eigenvalue weighted by Crippen LogP contribution is -2.28. The van der Waals surface area contributed by atoms with E-state index >= 15 is 0 Å². The van der Waals surface area contributed by atoms with Crippen molar-refractivity contribution in [1.29, 1.82) is 0 Å². The number of aliphatic hydroxyl groups is 1. The van der Waals surface area contributed by atoms with Gasteiger partial charge < -0.3 is 9.84 Å². The molecule has 0 amide bonds. The predicted octanol–water partition coefficient (Wildman–Crippen LogP) is 4.38. The van der Waals surface area contributed by atoms with Gasteiger partial charge in [-0.15, -0.1) is 0 Å². The number of aliphatic hydroxyl groups excluding tert-OH is 1. The summed E-state index contributed by atoms with van der Waals surface area (Å²) in [5.41, 5.74) is -2.07. The smallest absolute Gasteiger partial charge is 0.379 e. The average Bonchev–Trinajstić information content (AvgIpc) is 2.72. The molecule has 0 saturated heterocycles. The van der Waals surface area contributed by atoms with Crippen LogP contribution in [0.25, 0.3) is 4.85 Å². The molecule has 136 valence electrons. The van der Waals surface area contributed by atoms with Crippen molar-refractivity contribution < 1.29 is 35.8 Å². The Morgan fingerprint density at radius 1 is 1.23 bits per heavy atom. The molecule has 1 heterocycles. The molecular formula is C16H9F4NO4S. The second kappa shape index (κ2) is 5.96. The summed E-state index contributed by atoms with van der Waals surface area (Å²) < 4.78 is 83.6. The Labute approximate surface area is 145 Å². The van der Waals surface area contributed by atoms with E-state index in [1.807, 2.05) is 0 Å². The van der Waals surface area contributed by atoms with Gasteiger partial charge in [0.2, 0.25) is 9.84 Å². The van der Waals surface area contributed by atoms with Gasteiger partial charge in [-0.25, -0.2) is 22.0 Å². The summed E-state index contributed by atoms with van der Waals surface area (Å²) in [6.07, 6.45) is -6.33. The summed E-state index contributed by atoms with van der Waals surface area (Å²) in [7, 11) is -5.30. The summed E-state index contributed by atoms with van der Waals surface area (Å²) in [5, 5.41) is 5.07. The van der Waals surface area contributed by atoms with Crippen molar-refractivity contribution in [3.05, 3.63) is 58.9 Å². The largest absolute Gasteiger partial charge is 0.458 e. The van der Waals surface area contributed by atoms with Crippen LogP contribution in [0.4, 0.5) is 23.2 Å². The maximum Gasteiger partial charge on any atom is 0.379 e. The van der Waals surface area contributed by atoms with Crippen LogP contribution in [0.15, 0.2) is 41.3 Å². The third kappa shape index (κ3) is 2.51. The fourth-order valence-electron chi connectivity index (χ4n) is 2.63. The van der Waals surface area contributed by atoms with E-state index in [0.717, 1.165) is 6.07 Å². The van der Waals surface area contributed by atoms with Crippen molar-refractivity contribution in [1.82, 2.24) is 0 Å². The molecule has 26 heavy (non-hydrogen) atoms. The maximum absolute atomic E-state index is 13.9. The van der Waals surface area contributed by atoms with Crippen molar-refractivity contribution in [2.75, 3.05) is 0 Å². The van der Waals surface area contributed by atoms with Crippen LogP contribution in [-0.4, -0.2) is 18.8 Å². The summed E-state index contributed by atoms with van der Waals surface area (Å²) in [4.78, 5) is 2.08. The molecule has 0 saturated carbocycles. The van der Waals surface area contributed by atoms with E-state index < -0.39 is 49.4 Å². The number of alkyl halides is 4. The molecule has 2 aromatic rings. The summed E-state index contributed by atoms with van der Waals surface area (Å²) >= 11 is 0. The van der Waals surface area contributed by atoms with Gasteiger partial charge in [0.15, 0.2) is 11.8 Å². The zero-order chi connectivity index (χ0) is 19.3. The third-order valence-electron chi connectivity index (χ3n) is 3.84. The molecule has 0 unspecified atom stereocenters. The van der Waals surface area contributed by atoms with Crippen LogP contribution in [0.5, 0.6) is 11.5 Å². The first-order valence-corrected chi connectivity index (χ1v) is 8.50. The number of nitrogens with zero attached hydrogens (tertiary/aromatic N) is 1. The number of benzene rings is 2.